The fourth-order valence-electron chi connectivity index (χ4n) is 3.64. The largest absolute Gasteiger partial charge is 0.476 e. The molecular formula is C23H23N5O3. The van der Waals surface area contributed by atoms with Crippen LogP contribution in [-0.2, 0) is 11.3 Å². The lowest BCUT2D eigenvalue weighted by molar-refractivity contribution is -0.119. The number of benzene rings is 2. The number of hydrogen-bond acceptors (Lipinski definition) is 4. The van der Waals surface area contributed by atoms with Crippen molar-refractivity contribution in [2.45, 2.75) is 33.4 Å². The first-order chi connectivity index (χ1) is 14.8. The van der Waals surface area contributed by atoms with Gasteiger partial charge in [-0.25, -0.2) is 4.79 Å². The topological polar surface area (TPSA) is 102 Å². The summed E-state index contributed by atoms with van der Waals surface area (Å²) >= 11 is 0. The molecule has 31 heavy (non-hydrogen) atoms. The van der Waals surface area contributed by atoms with Crippen LogP contribution in [0.15, 0.2) is 54.7 Å². The molecule has 0 saturated carbocycles. The fraction of sp³-hybridized carbons (Fsp3) is 0.217. The van der Waals surface area contributed by atoms with Gasteiger partial charge >= 0.3 is 5.97 Å². The summed E-state index contributed by atoms with van der Waals surface area (Å²) in [4.78, 5) is 23.8. The SMILES string of the molecule is Cc1nn(Cc2cccc3ccccc23)c(C)c1NC(=O)C(C)n1ccc(C(=O)O)n1. The van der Waals surface area contributed by atoms with Crippen molar-refractivity contribution < 1.29 is 14.7 Å². The summed E-state index contributed by atoms with van der Waals surface area (Å²) < 4.78 is 3.22. The van der Waals surface area contributed by atoms with Crippen LogP contribution in [0.25, 0.3) is 10.8 Å². The maximum atomic E-state index is 12.8. The second-order valence-electron chi connectivity index (χ2n) is 7.49. The number of carboxylic acids is 1. The van der Waals surface area contributed by atoms with Crippen LogP contribution in [0, 0.1) is 13.8 Å². The molecule has 0 fully saturated rings. The monoisotopic (exact) mass is 417 g/mol. The van der Waals surface area contributed by atoms with Gasteiger partial charge in [-0.1, -0.05) is 42.5 Å². The number of aryl methyl sites for hydroxylation is 1. The number of rotatable bonds is 6. The number of hydrogen-bond donors (Lipinski definition) is 2. The lowest BCUT2D eigenvalue weighted by Crippen LogP contribution is -2.25. The zero-order valence-corrected chi connectivity index (χ0v) is 17.5. The Morgan fingerprint density at radius 2 is 1.81 bits per heavy atom. The number of carboxylic acid groups (broad SMARTS) is 1. The number of carbonyl (C=O) groups excluding carboxylic acids is 1. The first-order valence-corrected chi connectivity index (χ1v) is 9.95. The summed E-state index contributed by atoms with van der Waals surface area (Å²) in [6, 6.07) is 15.1. The summed E-state index contributed by atoms with van der Waals surface area (Å²) in [5.41, 5.74) is 3.26. The summed E-state index contributed by atoms with van der Waals surface area (Å²) in [7, 11) is 0. The van der Waals surface area contributed by atoms with E-state index in [2.05, 4.69) is 39.8 Å². The number of nitrogens with one attached hydrogen (secondary N) is 1. The van der Waals surface area contributed by atoms with Gasteiger partial charge in [-0.05, 0) is 43.2 Å². The number of aromatic carboxylic acids is 1. The second kappa shape index (κ2) is 8.06. The van der Waals surface area contributed by atoms with Gasteiger partial charge in [0.25, 0.3) is 0 Å². The van der Waals surface area contributed by atoms with Crippen LogP contribution in [0.4, 0.5) is 5.69 Å². The number of aromatic nitrogens is 4. The van der Waals surface area contributed by atoms with Crippen molar-refractivity contribution in [1.82, 2.24) is 19.6 Å². The fourth-order valence-corrected chi connectivity index (χ4v) is 3.64. The number of carbonyl (C=O) groups is 2. The van der Waals surface area contributed by atoms with E-state index >= 15 is 0 Å². The lowest BCUT2D eigenvalue weighted by atomic mass is 10.0. The van der Waals surface area contributed by atoms with Crippen LogP contribution in [0.1, 0.15) is 40.4 Å². The van der Waals surface area contributed by atoms with Crippen molar-refractivity contribution in [3.05, 3.63) is 77.4 Å². The number of amides is 1. The average molecular weight is 417 g/mol. The van der Waals surface area contributed by atoms with Gasteiger partial charge in [0.1, 0.15) is 6.04 Å². The first-order valence-electron chi connectivity index (χ1n) is 9.95. The highest BCUT2D eigenvalue weighted by Gasteiger charge is 2.21. The summed E-state index contributed by atoms with van der Waals surface area (Å²) in [5.74, 6) is -1.43. The highest BCUT2D eigenvalue weighted by Crippen LogP contribution is 2.24. The minimum Gasteiger partial charge on any atom is -0.476 e. The molecule has 158 valence electrons. The van der Waals surface area contributed by atoms with E-state index < -0.39 is 12.0 Å². The molecule has 1 atom stereocenters. The molecule has 0 bridgehead atoms. The Hall–Kier alpha value is -3.94. The molecule has 0 aliphatic heterocycles. The molecular weight excluding hydrogens is 394 g/mol. The molecule has 0 radical (unpaired) electrons. The predicted octanol–water partition coefficient (Wildman–Crippen LogP) is 3.80. The summed E-state index contributed by atoms with van der Waals surface area (Å²) in [6.45, 7) is 6.02. The molecule has 0 aliphatic carbocycles. The lowest BCUT2D eigenvalue weighted by Gasteiger charge is -2.13. The molecule has 2 heterocycles. The van der Waals surface area contributed by atoms with E-state index in [9.17, 15) is 9.59 Å². The van der Waals surface area contributed by atoms with E-state index in [4.69, 9.17) is 5.11 Å². The zero-order chi connectivity index (χ0) is 22.1. The Balaban J connectivity index is 1.56. The van der Waals surface area contributed by atoms with Gasteiger partial charge in [-0.2, -0.15) is 10.2 Å². The van der Waals surface area contributed by atoms with Crippen LogP contribution >= 0.6 is 0 Å². The Labute approximate surface area is 179 Å². The van der Waals surface area contributed by atoms with Crippen LogP contribution in [0.3, 0.4) is 0 Å². The molecule has 0 spiro atoms. The highest BCUT2D eigenvalue weighted by atomic mass is 16.4. The quantitative estimate of drug-likeness (QED) is 0.497. The Morgan fingerprint density at radius 3 is 2.55 bits per heavy atom. The van der Waals surface area contributed by atoms with Gasteiger partial charge in [0.05, 0.1) is 23.6 Å². The third kappa shape index (κ3) is 3.92. The van der Waals surface area contributed by atoms with Crippen LogP contribution in [0.5, 0.6) is 0 Å². The first kappa shape index (κ1) is 20.3. The van der Waals surface area contributed by atoms with Crippen molar-refractivity contribution in [3.63, 3.8) is 0 Å². The molecule has 1 amide bonds. The van der Waals surface area contributed by atoms with Gasteiger partial charge in [0, 0.05) is 6.20 Å². The number of nitrogens with zero attached hydrogens (tertiary/aromatic N) is 4. The van der Waals surface area contributed by atoms with Crippen molar-refractivity contribution in [1.29, 1.82) is 0 Å². The number of fused-ring (bicyclic) bond motifs is 1. The maximum Gasteiger partial charge on any atom is 0.356 e. The highest BCUT2D eigenvalue weighted by molar-refractivity contribution is 5.94. The Kier molecular flexibility index (Phi) is 5.29. The van der Waals surface area contributed by atoms with Gasteiger partial charge in [0.2, 0.25) is 5.91 Å². The van der Waals surface area contributed by atoms with Crippen molar-refractivity contribution in [2.75, 3.05) is 5.32 Å². The minimum absolute atomic E-state index is 0.102. The Bertz CT molecular complexity index is 1280. The van der Waals surface area contributed by atoms with Crippen LogP contribution in [0.2, 0.25) is 0 Å². The minimum atomic E-state index is -1.13. The molecule has 2 aromatic heterocycles. The van der Waals surface area contributed by atoms with E-state index in [1.54, 1.807) is 6.92 Å². The predicted molar refractivity (Wildman–Crippen MR) is 117 cm³/mol. The molecule has 0 aliphatic rings. The van der Waals surface area contributed by atoms with E-state index in [0.717, 1.165) is 11.3 Å². The second-order valence-corrected chi connectivity index (χ2v) is 7.49. The molecule has 2 aromatic carbocycles. The van der Waals surface area contributed by atoms with Crippen molar-refractivity contribution in [2.24, 2.45) is 0 Å². The number of anilines is 1. The third-order valence-corrected chi connectivity index (χ3v) is 5.43. The molecule has 4 aromatic rings. The van der Waals surface area contributed by atoms with E-state index in [-0.39, 0.29) is 11.6 Å². The molecule has 8 nitrogen and oxygen atoms in total. The maximum absolute atomic E-state index is 12.8. The van der Waals surface area contributed by atoms with Gasteiger partial charge in [0.15, 0.2) is 5.69 Å². The Morgan fingerprint density at radius 1 is 1.06 bits per heavy atom. The molecule has 8 heteroatoms. The van der Waals surface area contributed by atoms with Crippen molar-refractivity contribution >= 4 is 28.3 Å². The van der Waals surface area contributed by atoms with Crippen molar-refractivity contribution in [3.8, 4) is 0 Å². The van der Waals surface area contributed by atoms with Crippen LogP contribution in [-0.4, -0.2) is 36.5 Å². The van der Waals surface area contributed by atoms with E-state index in [1.165, 1.54) is 27.7 Å². The van der Waals surface area contributed by atoms with Gasteiger partial charge < -0.3 is 10.4 Å². The van der Waals surface area contributed by atoms with Gasteiger partial charge in [-0.3, -0.25) is 14.2 Å². The average Bonchev–Trinajstić information content (AvgIpc) is 3.35. The molecule has 0 saturated heterocycles. The normalized spacial score (nSPS) is 12.1. The van der Waals surface area contributed by atoms with Crippen LogP contribution < -0.4 is 5.32 Å². The smallest absolute Gasteiger partial charge is 0.356 e. The van der Waals surface area contributed by atoms with E-state index in [0.29, 0.717) is 17.9 Å². The van der Waals surface area contributed by atoms with Gasteiger partial charge in [-0.15, -0.1) is 0 Å². The summed E-state index contributed by atoms with van der Waals surface area (Å²) in [5, 5.41) is 22.9. The summed E-state index contributed by atoms with van der Waals surface area (Å²) in [6.07, 6.45) is 1.48. The molecule has 1 unspecified atom stereocenters. The van der Waals surface area contributed by atoms with E-state index in [1.807, 2.05) is 36.7 Å². The molecule has 2 N–H and O–H groups in total. The standard InChI is InChI=1S/C23H23N5O3/c1-14-21(24-22(29)16(3)27-12-11-20(26-27)23(30)31)15(2)28(25-14)13-18-9-6-8-17-7-4-5-10-19(17)18/h4-12,16H,13H2,1-3H3,(H,24,29)(H,30,31). The third-order valence-electron chi connectivity index (χ3n) is 5.43. The molecule has 4 rings (SSSR count). The zero-order valence-electron chi connectivity index (χ0n) is 17.5.